The first-order chi connectivity index (χ1) is 14.8. The van der Waals surface area contributed by atoms with Gasteiger partial charge in [0.2, 0.25) is 11.8 Å². The summed E-state index contributed by atoms with van der Waals surface area (Å²) in [5.41, 5.74) is 1.57. The Bertz CT molecular complexity index is 929. The van der Waals surface area contributed by atoms with Crippen LogP contribution in [-0.2, 0) is 16.1 Å². The monoisotopic (exact) mass is 432 g/mol. The summed E-state index contributed by atoms with van der Waals surface area (Å²) >= 11 is 0. The second kappa shape index (κ2) is 8.62. The van der Waals surface area contributed by atoms with Gasteiger partial charge in [0.05, 0.1) is 0 Å². The number of nitrogens with one attached hydrogen (secondary N) is 2. The summed E-state index contributed by atoms with van der Waals surface area (Å²) in [7, 11) is 0. The Kier molecular flexibility index (Phi) is 5.90. The van der Waals surface area contributed by atoms with Gasteiger partial charge in [0.15, 0.2) is 0 Å². The molecule has 0 bridgehead atoms. The summed E-state index contributed by atoms with van der Waals surface area (Å²) in [5, 5.41) is 13.3. The normalized spacial score (nSPS) is 22.4. The predicted molar refractivity (Wildman–Crippen MR) is 107 cm³/mol. The average molecular weight is 432 g/mol. The molecular formula is C21H25FN4O5. The lowest BCUT2D eigenvalue weighted by Gasteiger charge is -2.32. The van der Waals surface area contributed by atoms with Crippen LogP contribution < -0.4 is 10.6 Å². The van der Waals surface area contributed by atoms with Gasteiger partial charge in [0.25, 0.3) is 5.91 Å². The van der Waals surface area contributed by atoms with E-state index in [0.29, 0.717) is 24.2 Å². The quantitative estimate of drug-likeness (QED) is 0.598. The van der Waals surface area contributed by atoms with Crippen molar-refractivity contribution < 1.29 is 28.7 Å². The van der Waals surface area contributed by atoms with E-state index in [1.807, 2.05) is 0 Å². The van der Waals surface area contributed by atoms with Crippen LogP contribution in [0.2, 0.25) is 0 Å². The third kappa shape index (κ3) is 4.39. The summed E-state index contributed by atoms with van der Waals surface area (Å²) in [6.07, 6.45) is 0.892. The van der Waals surface area contributed by atoms with Crippen molar-refractivity contribution in [2.45, 2.75) is 44.2 Å². The number of likely N-dealkylation sites (tertiary alicyclic amines) is 1. The Morgan fingerprint density at radius 1 is 1.19 bits per heavy atom. The number of carboxylic acid groups (broad SMARTS) is 1. The Morgan fingerprint density at radius 2 is 1.94 bits per heavy atom. The van der Waals surface area contributed by atoms with Crippen LogP contribution in [0, 0.1) is 5.82 Å². The van der Waals surface area contributed by atoms with Crippen LogP contribution in [0.1, 0.15) is 53.1 Å². The summed E-state index contributed by atoms with van der Waals surface area (Å²) in [4.78, 5) is 50.5. The number of piperidine rings is 2. The lowest BCUT2D eigenvalue weighted by atomic mass is 9.87. The average Bonchev–Trinajstić information content (AvgIpc) is 3.03. The molecule has 9 nitrogen and oxygen atoms in total. The molecule has 4 amide bonds. The maximum atomic E-state index is 14.9. The Morgan fingerprint density at radius 3 is 2.61 bits per heavy atom. The third-order valence-electron chi connectivity index (χ3n) is 6.37. The van der Waals surface area contributed by atoms with E-state index < -0.39 is 23.9 Å². The molecule has 0 aromatic heterocycles. The van der Waals surface area contributed by atoms with Crippen molar-refractivity contribution >= 4 is 23.8 Å². The van der Waals surface area contributed by atoms with Crippen LogP contribution in [0.4, 0.5) is 9.18 Å². The summed E-state index contributed by atoms with van der Waals surface area (Å²) in [6.45, 7) is 2.67. The van der Waals surface area contributed by atoms with Crippen LogP contribution in [-0.4, -0.2) is 70.9 Å². The number of imide groups is 1. The number of halogens is 1. The fourth-order valence-electron chi connectivity index (χ4n) is 4.71. The van der Waals surface area contributed by atoms with Crippen molar-refractivity contribution in [1.29, 1.82) is 0 Å². The van der Waals surface area contributed by atoms with Crippen LogP contribution in [0.15, 0.2) is 12.1 Å². The van der Waals surface area contributed by atoms with E-state index in [2.05, 4.69) is 15.5 Å². The third-order valence-corrected chi connectivity index (χ3v) is 6.37. The van der Waals surface area contributed by atoms with Crippen molar-refractivity contribution in [2.75, 3.05) is 26.2 Å². The van der Waals surface area contributed by atoms with E-state index in [-0.39, 0.29) is 42.7 Å². The molecular weight excluding hydrogens is 407 g/mol. The highest BCUT2D eigenvalue weighted by atomic mass is 19.1. The molecule has 2 fully saturated rings. The van der Waals surface area contributed by atoms with Gasteiger partial charge in [-0.1, -0.05) is 6.07 Å². The van der Waals surface area contributed by atoms with Crippen molar-refractivity contribution in [1.82, 2.24) is 20.4 Å². The molecule has 4 rings (SSSR count). The number of hydrogen-bond donors (Lipinski definition) is 3. The molecule has 3 heterocycles. The second-order valence-electron chi connectivity index (χ2n) is 8.28. The molecule has 0 aliphatic carbocycles. The van der Waals surface area contributed by atoms with E-state index in [1.54, 1.807) is 6.07 Å². The van der Waals surface area contributed by atoms with Crippen LogP contribution >= 0.6 is 0 Å². The molecule has 2 saturated heterocycles. The van der Waals surface area contributed by atoms with Crippen molar-refractivity contribution in [3.8, 4) is 0 Å². The van der Waals surface area contributed by atoms with Gasteiger partial charge in [-0.15, -0.1) is 0 Å². The van der Waals surface area contributed by atoms with Gasteiger partial charge in [-0.25, -0.2) is 9.18 Å². The zero-order chi connectivity index (χ0) is 22.1. The van der Waals surface area contributed by atoms with E-state index in [1.165, 1.54) is 11.0 Å². The molecule has 1 atom stereocenters. The summed E-state index contributed by atoms with van der Waals surface area (Å²) in [5.74, 6) is -1.60. The Labute approximate surface area is 178 Å². The van der Waals surface area contributed by atoms with Gasteiger partial charge < -0.3 is 20.2 Å². The first-order valence-electron chi connectivity index (χ1n) is 10.5. The number of nitrogens with zero attached hydrogens (tertiary/aromatic N) is 2. The van der Waals surface area contributed by atoms with Gasteiger partial charge in [-0.3, -0.25) is 19.7 Å². The SMILES string of the molecule is O=C(O)NCCN1CCC(c2cc3c(cc2F)C(=O)N(C2CCC(=O)NC2=O)C3)CC1. The minimum Gasteiger partial charge on any atom is -0.465 e. The molecule has 0 saturated carbocycles. The van der Waals surface area contributed by atoms with Gasteiger partial charge in [0, 0.05) is 31.6 Å². The summed E-state index contributed by atoms with van der Waals surface area (Å²) in [6, 6.07) is 2.31. The highest BCUT2D eigenvalue weighted by Crippen LogP contribution is 2.35. The number of fused-ring (bicyclic) bond motifs is 1. The Balaban J connectivity index is 1.42. The number of benzene rings is 1. The molecule has 3 aliphatic rings. The minimum absolute atomic E-state index is 0.0220. The number of hydrogen-bond acceptors (Lipinski definition) is 5. The van der Waals surface area contributed by atoms with Crippen LogP contribution in [0.25, 0.3) is 0 Å². The second-order valence-corrected chi connectivity index (χ2v) is 8.28. The standard InChI is InChI=1S/C21H25FN4O5/c22-16-10-15-13(11-26(20(15)29)17-1-2-18(27)24-19(17)28)9-14(16)12-3-6-25(7-4-12)8-5-23-21(30)31/h9-10,12,17,23H,1-8,11H2,(H,30,31)(H,24,27,28). The van der Waals surface area contributed by atoms with E-state index in [0.717, 1.165) is 25.9 Å². The molecule has 31 heavy (non-hydrogen) atoms. The topological polar surface area (TPSA) is 119 Å². The lowest BCUT2D eigenvalue weighted by molar-refractivity contribution is -0.136. The highest BCUT2D eigenvalue weighted by molar-refractivity contribution is 6.05. The molecule has 1 aromatic rings. The maximum Gasteiger partial charge on any atom is 0.404 e. The van der Waals surface area contributed by atoms with Gasteiger partial charge in [0.1, 0.15) is 11.9 Å². The number of carbonyl (C=O) groups excluding carboxylic acids is 3. The molecule has 3 aliphatic heterocycles. The van der Waals surface area contributed by atoms with Crippen LogP contribution in [0.3, 0.4) is 0 Å². The summed E-state index contributed by atoms with van der Waals surface area (Å²) < 4.78 is 14.9. The maximum absolute atomic E-state index is 14.9. The minimum atomic E-state index is -1.05. The highest BCUT2D eigenvalue weighted by Gasteiger charge is 2.40. The zero-order valence-electron chi connectivity index (χ0n) is 17.0. The molecule has 10 heteroatoms. The molecule has 1 unspecified atom stereocenters. The number of amides is 4. The first-order valence-corrected chi connectivity index (χ1v) is 10.5. The number of carbonyl (C=O) groups is 4. The first kappa shape index (κ1) is 21.2. The molecule has 0 radical (unpaired) electrons. The van der Waals surface area contributed by atoms with E-state index >= 15 is 0 Å². The Hall–Kier alpha value is -3.01. The largest absolute Gasteiger partial charge is 0.465 e. The van der Waals surface area contributed by atoms with Crippen molar-refractivity contribution in [3.63, 3.8) is 0 Å². The van der Waals surface area contributed by atoms with Gasteiger partial charge in [-0.05, 0) is 55.5 Å². The molecule has 0 spiro atoms. The molecule has 166 valence electrons. The van der Waals surface area contributed by atoms with Crippen molar-refractivity contribution in [3.05, 3.63) is 34.6 Å². The molecule has 3 N–H and O–H groups in total. The predicted octanol–water partition coefficient (Wildman–Crippen LogP) is 1.03. The van der Waals surface area contributed by atoms with E-state index in [9.17, 15) is 23.6 Å². The number of rotatable bonds is 5. The smallest absolute Gasteiger partial charge is 0.404 e. The fraction of sp³-hybridized carbons (Fsp3) is 0.524. The van der Waals surface area contributed by atoms with E-state index in [4.69, 9.17) is 5.11 Å². The molecule has 1 aromatic carbocycles. The fourth-order valence-corrected chi connectivity index (χ4v) is 4.71. The van der Waals surface area contributed by atoms with Gasteiger partial charge in [-0.2, -0.15) is 0 Å². The van der Waals surface area contributed by atoms with Crippen molar-refractivity contribution in [2.24, 2.45) is 0 Å². The lowest BCUT2D eigenvalue weighted by Crippen LogP contribution is -2.52. The van der Waals surface area contributed by atoms with Crippen LogP contribution in [0.5, 0.6) is 0 Å². The van der Waals surface area contributed by atoms with Gasteiger partial charge >= 0.3 is 6.09 Å². The zero-order valence-corrected chi connectivity index (χ0v) is 17.0.